The molecular weight excluding hydrogens is 250 g/mol. The number of ether oxygens (including phenoxy) is 2. The van der Waals surface area contributed by atoms with Gasteiger partial charge in [-0.25, -0.2) is 0 Å². The lowest BCUT2D eigenvalue weighted by molar-refractivity contribution is -0.0748. The molecule has 3 rings (SSSR count). The van der Waals surface area contributed by atoms with Gasteiger partial charge in [0.2, 0.25) is 0 Å². The van der Waals surface area contributed by atoms with Crippen LogP contribution in [0.4, 0.5) is 0 Å². The molecule has 2 N–H and O–H groups in total. The fourth-order valence-corrected chi connectivity index (χ4v) is 3.53. The molecule has 1 aromatic carbocycles. The second kappa shape index (κ2) is 6.15. The van der Waals surface area contributed by atoms with Gasteiger partial charge in [0.05, 0.1) is 11.7 Å². The molecule has 1 heterocycles. The quantitative estimate of drug-likeness (QED) is 0.916. The van der Waals surface area contributed by atoms with Crippen molar-refractivity contribution in [3.8, 4) is 5.75 Å². The Balaban J connectivity index is 1.51. The lowest BCUT2D eigenvalue weighted by atomic mass is 9.83. The van der Waals surface area contributed by atoms with Crippen LogP contribution in [0.2, 0.25) is 0 Å². The monoisotopic (exact) mass is 275 g/mol. The Bertz CT molecular complexity index is 440. The molecule has 1 aliphatic heterocycles. The Hall–Kier alpha value is -1.06. The molecule has 1 unspecified atom stereocenters. The second-order valence-corrected chi connectivity index (χ2v) is 6.18. The normalized spacial score (nSPS) is 24.9. The summed E-state index contributed by atoms with van der Waals surface area (Å²) in [5.74, 6) is 0.904. The maximum absolute atomic E-state index is 6.32. The molecule has 1 saturated heterocycles. The van der Waals surface area contributed by atoms with Crippen molar-refractivity contribution in [3.63, 3.8) is 0 Å². The molecule has 2 fully saturated rings. The molecule has 1 atom stereocenters. The number of rotatable bonds is 4. The Kier molecular flexibility index (Phi) is 4.27. The first-order valence-corrected chi connectivity index (χ1v) is 7.89. The van der Waals surface area contributed by atoms with Crippen molar-refractivity contribution in [2.45, 2.75) is 63.2 Å². The third-order valence-electron chi connectivity index (χ3n) is 4.67. The van der Waals surface area contributed by atoms with E-state index in [1.54, 1.807) is 0 Å². The number of benzene rings is 1. The first-order chi connectivity index (χ1) is 9.80. The van der Waals surface area contributed by atoms with Crippen molar-refractivity contribution in [3.05, 3.63) is 29.8 Å². The van der Waals surface area contributed by atoms with Crippen LogP contribution in [0.3, 0.4) is 0 Å². The standard InChI is InChI=1S/C17H25NO2/c18-12-14-5-4-6-15(11-14)19-13-16-7-10-17(20-16)8-2-1-3-9-17/h4-6,11,16H,1-3,7-10,12-13,18H2. The smallest absolute Gasteiger partial charge is 0.119 e. The lowest BCUT2D eigenvalue weighted by Gasteiger charge is -2.33. The predicted octanol–water partition coefficient (Wildman–Crippen LogP) is 3.41. The molecule has 0 aromatic heterocycles. The SMILES string of the molecule is NCc1cccc(OCC2CCC3(CCCCC3)O2)c1. The summed E-state index contributed by atoms with van der Waals surface area (Å²) in [5.41, 5.74) is 6.95. The number of nitrogens with two attached hydrogens (primary N) is 1. The van der Waals surface area contributed by atoms with E-state index in [0.29, 0.717) is 13.2 Å². The number of hydrogen-bond donors (Lipinski definition) is 1. The van der Waals surface area contributed by atoms with Crippen LogP contribution < -0.4 is 10.5 Å². The average Bonchev–Trinajstić information content (AvgIpc) is 2.89. The third kappa shape index (κ3) is 3.15. The van der Waals surface area contributed by atoms with Crippen LogP contribution in [0.15, 0.2) is 24.3 Å². The van der Waals surface area contributed by atoms with E-state index in [-0.39, 0.29) is 11.7 Å². The zero-order valence-corrected chi connectivity index (χ0v) is 12.1. The Labute approximate surface area is 121 Å². The van der Waals surface area contributed by atoms with Gasteiger partial charge < -0.3 is 15.2 Å². The maximum atomic E-state index is 6.32. The highest BCUT2D eigenvalue weighted by molar-refractivity contribution is 5.28. The third-order valence-corrected chi connectivity index (χ3v) is 4.67. The van der Waals surface area contributed by atoms with Gasteiger partial charge in [-0.3, -0.25) is 0 Å². The highest BCUT2D eigenvalue weighted by Crippen LogP contribution is 2.41. The first kappa shape index (κ1) is 13.9. The summed E-state index contributed by atoms with van der Waals surface area (Å²) in [6.45, 7) is 1.22. The van der Waals surface area contributed by atoms with Gasteiger partial charge in [0.1, 0.15) is 12.4 Å². The minimum atomic E-state index is 0.186. The van der Waals surface area contributed by atoms with Crippen LogP contribution in [0.25, 0.3) is 0 Å². The van der Waals surface area contributed by atoms with E-state index in [1.807, 2.05) is 24.3 Å². The van der Waals surface area contributed by atoms with E-state index < -0.39 is 0 Å². The lowest BCUT2D eigenvalue weighted by Crippen LogP contribution is -2.32. The van der Waals surface area contributed by atoms with Crippen LogP contribution in [-0.4, -0.2) is 18.3 Å². The summed E-state index contributed by atoms with van der Waals surface area (Å²) in [6, 6.07) is 8.03. The zero-order valence-electron chi connectivity index (χ0n) is 12.1. The summed E-state index contributed by atoms with van der Waals surface area (Å²) in [7, 11) is 0. The zero-order chi connectivity index (χ0) is 13.8. The van der Waals surface area contributed by atoms with E-state index in [0.717, 1.165) is 17.7 Å². The van der Waals surface area contributed by atoms with Crippen molar-refractivity contribution in [2.24, 2.45) is 5.73 Å². The fraction of sp³-hybridized carbons (Fsp3) is 0.647. The Morgan fingerprint density at radius 1 is 1.20 bits per heavy atom. The maximum Gasteiger partial charge on any atom is 0.119 e. The molecule has 20 heavy (non-hydrogen) atoms. The van der Waals surface area contributed by atoms with Crippen molar-refractivity contribution >= 4 is 0 Å². The molecule has 1 spiro atoms. The molecule has 110 valence electrons. The van der Waals surface area contributed by atoms with Crippen LogP contribution in [0.5, 0.6) is 5.75 Å². The molecule has 1 aliphatic carbocycles. The van der Waals surface area contributed by atoms with Crippen LogP contribution in [0, 0.1) is 0 Å². The summed E-state index contributed by atoms with van der Waals surface area (Å²) < 4.78 is 12.2. The topological polar surface area (TPSA) is 44.5 Å². The minimum absolute atomic E-state index is 0.186. The predicted molar refractivity (Wildman–Crippen MR) is 79.8 cm³/mol. The Morgan fingerprint density at radius 2 is 2.05 bits per heavy atom. The van der Waals surface area contributed by atoms with Crippen LogP contribution in [0.1, 0.15) is 50.5 Å². The number of hydrogen-bond acceptors (Lipinski definition) is 3. The van der Waals surface area contributed by atoms with Crippen molar-refractivity contribution in [2.75, 3.05) is 6.61 Å². The molecule has 0 radical (unpaired) electrons. The molecule has 3 nitrogen and oxygen atoms in total. The fourth-order valence-electron chi connectivity index (χ4n) is 3.53. The van der Waals surface area contributed by atoms with Crippen molar-refractivity contribution in [1.29, 1.82) is 0 Å². The molecular formula is C17H25NO2. The summed E-state index contributed by atoms with van der Waals surface area (Å²) in [6.07, 6.45) is 9.12. The van der Waals surface area contributed by atoms with Gasteiger partial charge in [-0.1, -0.05) is 31.4 Å². The van der Waals surface area contributed by atoms with Gasteiger partial charge in [-0.05, 0) is 43.4 Å². The van der Waals surface area contributed by atoms with Crippen LogP contribution in [-0.2, 0) is 11.3 Å². The molecule has 1 aromatic rings. The summed E-state index contributed by atoms with van der Waals surface area (Å²) in [4.78, 5) is 0. The van der Waals surface area contributed by atoms with Crippen LogP contribution >= 0.6 is 0 Å². The van der Waals surface area contributed by atoms with Crippen molar-refractivity contribution < 1.29 is 9.47 Å². The summed E-state index contributed by atoms with van der Waals surface area (Å²) >= 11 is 0. The van der Waals surface area contributed by atoms with E-state index >= 15 is 0 Å². The van der Waals surface area contributed by atoms with Gasteiger partial charge in [-0.2, -0.15) is 0 Å². The Morgan fingerprint density at radius 3 is 2.85 bits per heavy atom. The minimum Gasteiger partial charge on any atom is -0.491 e. The highest BCUT2D eigenvalue weighted by Gasteiger charge is 2.40. The van der Waals surface area contributed by atoms with E-state index in [1.165, 1.54) is 38.5 Å². The van der Waals surface area contributed by atoms with E-state index in [4.69, 9.17) is 15.2 Å². The van der Waals surface area contributed by atoms with Gasteiger partial charge in [0.25, 0.3) is 0 Å². The second-order valence-electron chi connectivity index (χ2n) is 6.18. The van der Waals surface area contributed by atoms with Gasteiger partial charge in [-0.15, -0.1) is 0 Å². The van der Waals surface area contributed by atoms with E-state index in [2.05, 4.69) is 0 Å². The highest BCUT2D eigenvalue weighted by atomic mass is 16.6. The van der Waals surface area contributed by atoms with Gasteiger partial charge in [0.15, 0.2) is 0 Å². The molecule has 3 heteroatoms. The largest absolute Gasteiger partial charge is 0.491 e. The van der Waals surface area contributed by atoms with Gasteiger partial charge in [0, 0.05) is 6.54 Å². The molecule has 0 amide bonds. The van der Waals surface area contributed by atoms with E-state index in [9.17, 15) is 0 Å². The first-order valence-electron chi connectivity index (χ1n) is 7.89. The molecule has 1 saturated carbocycles. The summed E-state index contributed by atoms with van der Waals surface area (Å²) in [5, 5.41) is 0. The van der Waals surface area contributed by atoms with Crippen molar-refractivity contribution in [1.82, 2.24) is 0 Å². The molecule has 2 aliphatic rings. The van der Waals surface area contributed by atoms with Gasteiger partial charge >= 0.3 is 0 Å². The average molecular weight is 275 g/mol. The molecule has 0 bridgehead atoms.